The van der Waals surface area contributed by atoms with Crippen LogP contribution in [0.25, 0.3) is 6.08 Å². The number of nitro benzene ring substituents is 1. The first kappa shape index (κ1) is 14.6. The quantitative estimate of drug-likeness (QED) is 0.377. The molecule has 3 rings (SSSR count). The third-order valence-corrected chi connectivity index (χ3v) is 3.15. The monoisotopic (exact) mass is 312 g/mol. The molecule has 0 amide bonds. The van der Waals surface area contributed by atoms with E-state index < -0.39 is 16.7 Å². The largest absolute Gasteiger partial charge is 0.402 e. The summed E-state index contributed by atoms with van der Waals surface area (Å²) < 4.78 is 18.6. The number of nitro groups is 1. The van der Waals surface area contributed by atoms with E-state index in [0.29, 0.717) is 0 Å². The molecule has 0 saturated heterocycles. The zero-order chi connectivity index (χ0) is 16.4. The Kier molecular flexibility index (Phi) is 3.68. The second kappa shape index (κ2) is 5.80. The Morgan fingerprint density at radius 1 is 1.13 bits per heavy atom. The number of esters is 1. The maximum absolute atomic E-state index is 13.6. The normalized spacial score (nSPS) is 15.4. The van der Waals surface area contributed by atoms with Gasteiger partial charge >= 0.3 is 5.97 Å². The van der Waals surface area contributed by atoms with Gasteiger partial charge in [-0.05, 0) is 18.2 Å². The molecule has 0 bridgehead atoms. The molecular formula is C16H9FN2O4. The molecule has 114 valence electrons. The molecule has 2 aromatic rings. The lowest BCUT2D eigenvalue weighted by Gasteiger charge is -2.00. The van der Waals surface area contributed by atoms with Crippen molar-refractivity contribution < 1.29 is 18.8 Å². The number of ether oxygens (including phenoxy) is 1. The first-order valence-corrected chi connectivity index (χ1v) is 6.57. The topological polar surface area (TPSA) is 81.8 Å². The summed E-state index contributed by atoms with van der Waals surface area (Å²) in [7, 11) is 0. The van der Waals surface area contributed by atoms with Crippen LogP contribution in [0.1, 0.15) is 11.1 Å². The highest BCUT2D eigenvalue weighted by atomic mass is 19.1. The van der Waals surface area contributed by atoms with Crippen LogP contribution in [0.15, 0.2) is 59.2 Å². The third kappa shape index (κ3) is 2.84. The van der Waals surface area contributed by atoms with Crippen LogP contribution >= 0.6 is 0 Å². The van der Waals surface area contributed by atoms with E-state index in [0.717, 1.165) is 0 Å². The fraction of sp³-hybridized carbons (Fsp3) is 0. The second-order valence-corrected chi connectivity index (χ2v) is 4.63. The molecule has 2 aromatic carbocycles. The molecule has 23 heavy (non-hydrogen) atoms. The summed E-state index contributed by atoms with van der Waals surface area (Å²) >= 11 is 0. The number of aliphatic imine (C=N–C) groups is 1. The first-order chi connectivity index (χ1) is 11.1. The van der Waals surface area contributed by atoms with E-state index >= 15 is 0 Å². The number of cyclic esters (lactones) is 1. The van der Waals surface area contributed by atoms with Gasteiger partial charge in [0, 0.05) is 11.6 Å². The van der Waals surface area contributed by atoms with Crippen molar-refractivity contribution >= 4 is 23.6 Å². The number of para-hydroxylation sites is 1. The fourth-order valence-corrected chi connectivity index (χ4v) is 2.08. The Hall–Kier alpha value is -3.35. The molecule has 0 atom stereocenters. The summed E-state index contributed by atoms with van der Waals surface area (Å²) in [5.41, 5.74) is -0.0933. The minimum atomic E-state index is -0.790. The summed E-state index contributed by atoms with van der Waals surface area (Å²) in [5, 5.41) is 11.0. The molecule has 0 spiro atoms. The van der Waals surface area contributed by atoms with Crippen molar-refractivity contribution in [2.24, 2.45) is 4.99 Å². The van der Waals surface area contributed by atoms with E-state index in [9.17, 15) is 19.3 Å². The Labute approximate surface area is 129 Å². The molecule has 0 N–H and O–H groups in total. The van der Waals surface area contributed by atoms with Crippen molar-refractivity contribution in [3.63, 3.8) is 0 Å². The number of carbonyl (C=O) groups is 1. The lowest BCUT2D eigenvalue weighted by atomic mass is 10.2. The fourth-order valence-electron chi connectivity index (χ4n) is 2.08. The van der Waals surface area contributed by atoms with Gasteiger partial charge in [0.05, 0.1) is 4.92 Å². The molecule has 6 nitrogen and oxygen atoms in total. The summed E-state index contributed by atoms with van der Waals surface area (Å²) in [6, 6.07) is 11.6. The maximum Gasteiger partial charge on any atom is 0.363 e. The van der Waals surface area contributed by atoms with Gasteiger partial charge < -0.3 is 4.74 Å². The molecule has 0 fully saturated rings. The number of rotatable bonds is 3. The maximum atomic E-state index is 13.6. The van der Waals surface area contributed by atoms with Gasteiger partial charge in [0.2, 0.25) is 5.90 Å². The molecule has 0 saturated carbocycles. The number of hydrogen-bond acceptors (Lipinski definition) is 5. The SMILES string of the molecule is O=C1OC(c2ccccc2[N+](=O)[O-])=N/C1=C\c1ccccc1F. The van der Waals surface area contributed by atoms with Gasteiger partial charge in [-0.1, -0.05) is 30.3 Å². The van der Waals surface area contributed by atoms with Crippen molar-refractivity contribution in [2.75, 3.05) is 0 Å². The summed E-state index contributed by atoms with van der Waals surface area (Å²) in [6.45, 7) is 0. The Morgan fingerprint density at radius 3 is 2.57 bits per heavy atom. The molecular weight excluding hydrogens is 303 g/mol. The predicted octanol–water partition coefficient (Wildman–Crippen LogP) is 3.08. The lowest BCUT2D eigenvalue weighted by molar-refractivity contribution is -0.385. The minimum absolute atomic E-state index is 0.0859. The molecule has 7 heteroatoms. The zero-order valence-electron chi connectivity index (χ0n) is 11.6. The first-order valence-electron chi connectivity index (χ1n) is 6.57. The molecule has 0 aromatic heterocycles. The molecule has 0 radical (unpaired) electrons. The zero-order valence-corrected chi connectivity index (χ0v) is 11.6. The van der Waals surface area contributed by atoms with Crippen molar-refractivity contribution in [2.45, 2.75) is 0 Å². The minimum Gasteiger partial charge on any atom is -0.402 e. The van der Waals surface area contributed by atoms with Crippen molar-refractivity contribution in [1.29, 1.82) is 0 Å². The van der Waals surface area contributed by atoms with Crippen LogP contribution < -0.4 is 0 Å². The van der Waals surface area contributed by atoms with E-state index in [1.165, 1.54) is 42.5 Å². The molecule has 0 unspecified atom stereocenters. The lowest BCUT2D eigenvalue weighted by Crippen LogP contribution is -2.07. The van der Waals surface area contributed by atoms with Crippen LogP contribution in [-0.4, -0.2) is 16.8 Å². The smallest absolute Gasteiger partial charge is 0.363 e. The average Bonchev–Trinajstić information content (AvgIpc) is 2.90. The van der Waals surface area contributed by atoms with E-state index in [4.69, 9.17) is 4.74 Å². The van der Waals surface area contributed by atoms with Crippen LogP contribution in [0.3, 0.4) is 0 Å². The Morgan fingerprint density at radius 2 is 1.83 bits per heavy atom. The van der Waals surface area contributed by atoms with Crippen LogP contribution in [0.2, 0.25) is 0 Å². The van der Waals surface area contributed by atoms with Gasteiger partial charge in [-0.3, -0.25) is 10.1 Å². The highest BCUT2D eigenvalue weighted by Crippen LogP contribution is 2.25. The van der Waals surface area contributed by atoms with Crippen molar-refractivity contribution in [3.8, 4) is 0 Å². The van der Waals surface area contributed by atoms with E-state index in [1.807, 2.05) is 0 Å². The second-order valence-electron chi connectivity index (χ2n) is 4.63. The standard InChI is InChI=1S/C16H9FN2O4/c17-12-7-3-1-5-10(12)9-13-16(20)23-15(18-13)11-6-2-4-8-14(11)19(21)22/h1-9H/b13-9-. The average molecular weight is 312 g/mol. The molecule has 0 aliphatic carbocycles. The van der Waals surface area contributed by atoms with Gasteiger partial charge in [0.25, 0.3) is 5.69 Å². The van der Waals surface area contributed by atoms with Crippen LogP contribution in [0.4, 0.5) is 10.1 Å². The van der Waals surface area contributed by atoms with Crippen LogP contribution in [0.5, 0.6) is 0 Å². The van der Waals surface area contributed by atoms with Gasteiger partial charge in [-0.25, -0.2) is 14.2 Å². The number of halogens is 1. The highest BCUT2D eigenvalue weighted by molar-refractivity contribution is 6.14. The molecule has 1 aliphatic heterocycles. The Balaban J connectivity index is 2.03. The van der Waals surface area contributed by atoms with E-state index in [2.05, 4.69) is 4.99 Å². The number of benzene rings is 2. The Bertz CT molecular complexity index is 874. The predicted molar refractivity (Wildman–Crippen MR) is 80.1 cm³/mol. The van der Waals surface area contributed by atoms with Crippen molar-refractivity contribution in [3.05, 3.63) is 81.3 Å². The number of hydrogen-bond donors (Lipinski definition) is 0. The van der Waals surface area contributed by atoms with Crippen molar-refractivity contribution in [1.82, 2.24) is 0 Å². The van der Waals surface area contributed by atoms with E-state index in [-0.39, 0.29) is 28.4 Å². The summed E-state index contributed by atoms with van der Waals surface area (Å²) in [4.78, 5) is 26.2. The van der Waals surface area contributed by atoms with Crippen LogP contribution in [0, 0.1) is 15.9 Å². The van der Waals surface area contributed by atoms with Gasteiger partial charge in [-0.15, -0.1) is 0 Å². The third-order valence-electron chi connectivity index (χ3n) is 3.15. The van der Waals surface area contributed by atoms with Gasteiger partial charge in [-0.2, -0.15) is 0 Å². The van der Waals surface area contributed by atoms with E-state index in [1.54, 1.807) is 12.1 Å². The number of carbonyl (C=O) groups excluding carboxylic acids is 1. The summed E-state index contributed by atoms with van der Waals surface area (Å²) in [6.07, 6.45) is 1.24. The summed E-state index contributed by atoms with van der Waals surface area (Å²) in [5.74, 6) is -1.48. The molecule has 1 aliphatic rings. The molecule has 1 heterocycles. The van der Waals surface area contributed by atoms with Gasteiger partial charge in [0.15, 0.2) is 5.70 Å². The van der Waals surface area contributed by atoms with Crippen LogP contribution in [-0.2, 0) is 9.53 Å². The highest BCUT2D eigenvalue weighted by Gasteiger charge is 2.29. The number of nitrogens with zero attached hydrogens (tertiary/aromatic N) is 2. The van der Waals surface area contributed by atoms with Gasteiger partial charge in [0.1, 0.15) is 11.4 Å².